The Hall–Kier alpha value is -0.590. The Kier molecular flexibility index (Phi) is 4.20. The highest BCUT2D eigenvalue weighted by molar-refractivity contribution is 5.78. The Balaban J connectivity index is 2.23. The highest BCUT2D eigenvalue weighted by Crippen LogP contribution is 2.22. The van der Waals surface area contributed by atoms with Gasteiger partial charge in [-0.05, 0) is 31.1 Å². The summed E-state index contributed by atoms with van der Waals surface area (Å²) in [5, 5.41) is 0. The first-order valence-electron chi connectivity index (χ1n) is 5.35. The average molecular weight is 180 g/mol. The van der Waals surface area contributed by atoms with Crippen molar-refractivity contribution in [1.29, 1.82) is 0 Å². The van der Waals surface area contributed by atoms with Crippen LogP contribution in [0.3, 0.4) is 0 Å². The molecule has 0 bridgehead atoms. The molecule has 1 aliphatic carbocycles. The fourth-order valence-corrected chi connectivity index (χ4v) is 1.90. The highest BCUT2D eigenvalue weighted by Gasteiger charge is 2.14. The van der Waals surface area contributed by atoms with Crippen molar-refractivity contribution in [3.8, 4) is 0 Å². The molecule has 0 aliphatic heterocycles. The fourth-order valence-electron chi connectivity index (χ4n) is 1.90. The van der Waals surface area contributed by atoms with Crippen molar-refractivity contribution in [2.45, 2.75) is 46.0 Å². The number of Topliss-reactive ketones (excluding diaryl/α,β-unsaturated/α-hetero) is 1. The molecule has 0 saturated carbocycles. The third-order valence-corrected chi connectivity index (χ3v) is 2.53. The lowest BCUT2D eigenvalue weighted by molar-refractivity contribution is -0.120. The third kappa shape index (κ3) is 4.25. The van der Waals surface area contributed by atoms with Crippen LogP contribution in [0, 0.1) is 11.8 Å². The Morgan fingerprint density at radius 3 is 2.77 bits per heavy atom. The molecular formula is C12H20O. The maximum absolute atomic E-state index is 11.5. The van der Waals surface area contributed by atoms with E-state index >= 15 is 0 Å². The van der Waals surface area contributed by atoms with E-state index in [0.717, 1.165) is 19.3 Å². The van der Waals surface area contributed by atoms with Crippen LogP contribution in [0.15, 0.2) is 12.2 Å². The standard InChI is InChI=1S/C12H20O/c1-10(2)8-12(13)9-11-6-4-3-5-7-11/h3-4,10-11H,5-9H2,1-2H3. The van der Waals surface area contributed by atoms with Gasteiger partial charge in [-0.25, -0.2) is 0 Å². The number of ketones is 1. The minimum absolute atomic E-state index is 0.454. The summed E-state index contributed by atoms with van der Waals surface area (Å²) >= 11 is 0. The smallest absolute Gasteiger partial charge is 0.133 e. The number of carbonyl (C=O) groups excluding carboxylic acids is 1. The largest absolute Gasteiger partial charge is 0.300 e. The maximum Gasteiger partial charge on any atom is 0.133 e. The lowest BCUT2D eigenvalue weighted by Crippen LogP contribution is -2.11. The zero-order valence-corrected chi connectivity index (χ0v) is 8.75. The molecule has 0 radical (unpaired) electrons. The maximum atomic E-state index is 11.5. The molecule has 1 nitrogen and oxygen atoms in total. The molecule has 0 fully saturated rings. The molecule has 0 aromatic carbocycles. The van der Waals surface area contributed by atoms with Crippen LogP contribution < -0.4 is 0 Å². The Bertz CT molecular complexity index is 191. The van der Waals surface area contributed by atoms with E-state index in [1.807, 2.05) is 0 Å². The zero-order chi connectivity index (χ0) is 9.68. The number of carbonyl (C=O) groups is 1. The van der Waals surface area contributed by atoms with Crippen LogP contribution in [0.2, 0.25) is 0 Å². The van der Waals surface area contributed by atoms with Gasteiger partial charge in [0.05, 0.1) is 0 Å². The van der Waals surface area contributed by atoms with Crippen LogP contribution in [0.5, 0.6) is 0 Å². The van der Waals surface area contributed by atoms with Crippen molar-refractivity contribution in [3.63, 3.8) is 0 Å². The number of hydrogen-bond donors (Lipinski definition) is 0. The van der Waals surface area contributed by atoms with Gasteiger partial charge in [0.1, 0.15) is 5.78 Å². The van der Waals surface area contributed by atoms with Gasteiger partial charge in [0.2, 0.25) is 0 Å². The number of rotatable bonds is 4. The normalized spacial score (nSPS) is 22.2. The summed E-state index contributed by atoms with van der Waals surface area (Å²) < 4.78 is 0. The second-order valence-electron chi connectivity index (χ2n) is 4.49. The summed E-state index contributed by atoms with van der Waals surface area (Å²) in [6.07, 6.45) is 9.51. The van der Waals surface area contributed by atoms with Crippen LogP contribution in [0.4, 0.5) is 0 Å². The Morgan fingerprint density at radius 1 is 1.46 bits per heavy atom. The number of allylic oxidation sites excluding steroid dienone is 2. The fraction of sp³-hybridized carbons (Fsp3) is 0.750. The van der Waals surface area contributed by atoms with Crippen LogP contribution >= 0.6 is 0 Å². The van der Waals surface area contributed by atoms with Gasteiger partial charge in [-0.2, -0.15) is 0 Å². The van der Waals surface area contributed by atoms with E-state index in [-0.39, 0.29) is 0 Å². The van der Waals surface area contributed by atoms with Crippen LogP contribution in [-0.4, -0.2) is 5.78 Å². The predicted octanol–water partition coefficient (Wildman–Crippen LogP) is 3.35. The summed E-state index contributed by atoms with van der Waals surface area (Å²) in [5.74, 6) is 1.61. The summed E-state index contributed by atoms with van der Waals surface area (Å²) in [4.78, 5) is 11.5. The SMILES string of the molecule is CC(C)CC(=O)CC1CC=CCC1. The second kappa shape index (κ2) is 5.21. The van der Waals surface area contributed by atoms with E-state index in [1.54, 1.807) is 0 Å². The van der Waals surface area contributed by atoms with Gasteiger partial charge in [-0.1, -0.05) is 26.0 Å². The molecule has 0 spiro atoms. The van der Waals surface area contributed by atoms with Gasteiger partial charge >= 0.3 is 0 Å². The van der Waals surface area contributed by atoms with Gasteiger partial charge in [0, 0.05) is 12.8 Å². The average Bonchev–Trinajstić information content (AvgIpc) is 2.04. The number of hydrogen-bond acceptors (Lipinski definition) is 1. The molecule has 13 heavy (non-hydrogen) atoms. The molecule has 1 aliphatic rings. The van der Waals surface area contributed by atoms with Gasteiger partial charge in [0.15, 0.2) is 0 Å². The molecule has 0 amide bonds. The molecule has 1 heteroatoms. The molecule has 0 aromatic rings. The van der Waals surface area contributed by atoms with Gasteiger partial charge in [0.25, 0.3) is 0 Å². The molecule has 74 valence electrons. The molecule has 0 aromatic heterocycles. The lowest BCUT2D eigenvalue weighted by atomic mass is 9.88. The van der Waals surface area contributed by atoms with E-state index in [9.17, 15) is 4.79 Å². The zero-order valence-electron chi connectivity index (χ0n) is 8.75. The minimum Gasteiger partial charge on any atom is -0.300 e. The van der Waals surface area contributed by atoms with Gasteiger partial charge < -0.3 is 0 Å². The molecule has 1 atom stereocenters. The second-order valence-corrected chi connectivity index (χ2v) is 4.49. The monoisotopic (exact) mass is 180 g/mol. The molecule has 1 unspecified atom stereocenters. The molecule has 0 N–H and O–H groups in total. The van der Waals surface area contributed by atoms with Crippen LogP contribution in [0.25, 0.3) is 0 Å². The van der Waals surface area contributed by atoms with Crippen LogP contribution in [0.1, 0.15) is 46.0 Å². The van der Waals surface area contributed by atoms with Crippen molar-refractivity contribution < 1.29 is 4.79 Å². The first kappa shape index (κ1) is 10.5. The van der Waals surface area contributed by atoms with Gasteiger partial charge in [-0.15, -0.1) is 0 Å². The van der Waals surface area contributed by atoms with Crippen molar-refractivity contribution in [2.24, 2.45) is 11.8 Å². The summed E-state index contributed by atoms with van der Waals surface area (Å²) in [7, 11) is 0. The first-order chi connectivity index (χ1) is 6.18. The highest BCUT2D eigenvalue weighted by atomic mass is 16.1. The van der Waals surface area contributed by atoms with Crippen molar-refractivity contribution in [3.05, 3.63) is 12.2 Å². The molecular weight excluding hydrogens is 160 g/mol. The van der Waals surface area contributed by atoms with Crippen LogP contribution in [-0.2, 0) is 4.79 Å². The summed E-state index contributed by atoms with van der Waals surface area (Å²) in [6.45, 7) is 4.22. The van der Waals surface area contributed by atoms with Crippen molar-refractivity contribution in [1.82, 2.24) is 0 Å². The van der Waals surface area contributed by atoms with E-state index in [2.05, 4.69) is 26.0 Å². The molecule has 1 rings (SSSR count). The Morgan fingerprint density at radius 2 is 2.23 bits per heavy atom. The van der Waals surface area contributed by atoms with E-state index in [4.69, 9.17) is 0 Å². The Labute approximate surface area is 81.2 Å². The predicted molar refractivity (Wildman–Crippen MR) is 55.6 cm³/mol. The lowest BCUT2D eigenvalue weighted by Gasteiger charge is -2.16. The quantitative estimate of drug-likeness (QED) is 0.606. The first-order valence-corrected chi connectivity index (χ1v) is 5.35. The van der Waals surface area contributed by atoms with Gasteiger partial charge in [-0.3, -0.25) is 4.79 Å². The molecule has 0 heterocycles. The topological polar surface area (TPSA) is 17.1 Å². The van der Waals surface area contributed by atoms with E-state index in [0.29, 0.717) is 17.6 Å². The third-order valence-electron chi connectivity index (χ3n) is 2.53. The van der Waals surface area contributed by atoms with Crippen molar-refractivity contribution >= 4 is 5.78 Å². The summed E-state index contributed by atoms with van der Waals surface area (Å²) in [6, 6.07) is 0. The van der Waals surface area contributed by atoms with Crippen molar-refractivity contribution in [2.75, 3.05) is 0 Å². The minimum atomic E-state index is 0.454. The summed E-state index contributed by atoms with van der Waals surface area (Å²) in [5.41, 5.74) is 0. The molecule has 0 saturated heterocycles. The van der Waals surface area contributed by atoms with E-state index < -0.39 is 0 Å². The van der Waals surface area contributed by atoms with E-state index in [1.165, 1.54) is 12.8 Å².